The van der Waals surface area contributed by atoms with Crippen LogP contribution in [-0.4, -0.2) is 87.5 Å². The lowest BCUT2D eigenvalue weighted by Crippen LogP contribution is -2.44. The van der Waals surface area contributed by atoms with Gasteiger partial charge in [0.1, 0.15) is 17.6 Å². The minimum atomic E-state index is -0.539. The van der Waals surface area contributed by atoms with E-state index >= 15 is 0 Å². The molecule has 0 bridgehead atoms. The molecule has 1 amide bonds. The van der Waals surface area contributed by atoms with Crippen LogP contribution >= 0.6 is 23.1 Å². The van der Waals surface area contributed by atoms with Crippen molar-refractivity contribution in [3.63, 3.8) is 0 Å². The largest absolute Gasteiger partial charge is 0.399 e. The average Bonchev–Trinajstić information content (AvgIpc) is 3.78. The number of piperidine rings is 1. The number of benzene rings is 1. The second-order valence-electron chi connectivity index (χ2n) is 11.0. The van der Waals surface area contributed by atoms with E-state index < -0.39 is 4.75 Å². The monoisotopic (exact) mass is 604 g/mol. The number of fused-ring (bicyclic) bond motifs is 1. The Labute approximate surface area is 253 Å². The number of thioether (sulfide) groups is 1. The molecule has 6 rings (SSSR count). The number of hydrogen-bond acceptors (Lipinski definition) is 10. The maximum Gasteiger partial charge on any atom is 0.241 e. The van der Waals surface area contributed by atoms with Gasteiger partial charge in [0.15, 0.2) is 5.13 Å². The summed E-state index contributed by atoms with van der Waals surface area (Å²) in [5.74, 6) is 0.392. The van der Waals surface area contributed by atoms with Gasteiger partial charge < -0.3 is 15.1 Å². The summed E-state index contributed by atoms with van der Waals surface area (Å²) in [5, 5.41) is 19.4. The predicted molar refractivity (Wildman–Crippen MR) is 171 cm³/mol. The number of thiazole rings is 1. The topological polar surface area (TPSA) is 112 Å². The third-order valence-electron chi connectivity index (χ3n) is 8.36. The molecule has 42 heavy (non-hydrogen) atoms. The number of nitrogens with zero attached hydrogens (tertiary/aromatic N) is 6. The second-order valence-corrected chi connectivity index (χ2v) is 13.0. The smallest absolute Gasteiger partial charge is 0.241 e. The van der Waals surface area contributed by atoms with E-state index in [1.54, 1.807) is 36.4 Å². The number of carbonyl (C=O) groups excluding carboxylic acids is 1. The first kappa shape index (κ1) is 28.6. The molecule has 5 heterocycles. The van der Waals surface area contributed by atoms with Crippen molar-refractivity contribution in [2.75, 3.05) is 56.3 Å². The van der Waals surface area contributed by atoms with Crippen molar-refractivity contribution in [3.05, 3.63) is 53.8 Å². The first-order chi connectivity index (χ1) is 20.5. The van der Waals surface area contributed by atoms with Gasteiger partial charge in [-0.15, -0.1) is 23.1 Å². The number of H-pyrrole nitrogens is 1. The van der Waals surface area contributed by atoms with Gasteiger partial charge in [0, 0.05) is 78.7 Å². The molecule has 2 N–H and O–H groups in total. The Morgan fingerprint density at radius 1 is 1.21 bits per heavy atom. The molecule has 0 saturated carbocycles. The van der Waals surface area contributed by atoms with Gasteiger partial charge in [-0.05, 0) is 62.8 Å². The molecular weight excluding hydrogens is 569 g/mol. The highest BCUT2D eigenvalue weighted by Gasteiger charge is 2.44. The Morgan fingerprint density at radius 2 is 2.07 bits per heavy atom. The molecule has 0 spiro atoms. The maximum atomic E-state index is 13.8. The van der Waals surface area contributed by atoms with Crippen molar-refractivity contribution in [2.45, 2.75) is 30.9 Å². The molecule has 2 saturated heterocycles. The molecule has 1 aromatic carbocycles. The van der Waals surface area contributed by atoms with Crippen molar-refractivity contribution < 1.29 is 9.63 Å². The average molecular weight is 605 g/mol. The van der Waals surface area contributed by atoms with Gasteiger partial charge >= 0.3 is 0 Å². The fourth-order valence-electron chi connectivity index (χ4n) is 6.04. The first-order valence-corrected chi connectivity index (χ1v) is 16.3. The molecule has 0 radical (unpaired) electrons. The fourth-order valence-corrected chi connectivity index (χ4v) is 7.58. The normalized spacial score (nSPS) is 20.4. The quantitative estimate of drug-likeness (QED) is 0.202. The van der Waals surface area contributed by atoms with E-state index in [9.17, 15) is 4.79 Å². The molecule has 4 aromatic rings. The van der Waals surface area contributed by atoms with Crippen LogP contribution in [-0.2, 0) is 9.63 Å². The SMILES string of the molecule is CO/N=C(\CN1CC[C@@](SC)(C(=O)Nc2ccc3[nH]nc(-c4ccnc(C)c4)c3c2)C1)C1CCN(c2nccs2)CC1. The van der Waals surface area contributed by atoms with Gasteiger partial charge in [0.05, 0.1) is 11.2 Å². The molecular formula is C30H36N8O2S2. The Balaban J connectivity index is 1.12. The van der Waals surface area contributed by atoms with Gasteiger partial charge in [-0.1, -0.05) is 5.16 Å². The number of hydrogen-bond donors (Lipinski definition) is 2. The van der Waals surface area contributed by atoms with Crippen LogP contribution in [0.25, 0.3) is 22.2 Å². The van der Waals surface area contributed by atoms with E-state index in [1.807, 2.05) is 55.1 Å². The summed E-state index contributed by atoms with van der Waals surface area (Å²) < 4.78 is -0.539. The zero-order valence-corrected chi connectivity index (χ0v) is 25.8. The molecule has 0 unspecified atom stereocenters. The minimum Gasteiger partial charge on any atom is -0.399 e. The van der Waals surface area contributed by atoms with E-state index in [2.05, 4.69) is 40.4 Å². The van der Waals surface area contributed by atoms with Crippen LogP contribution in [0.2, 0.25) is 0 Å². The van der Waals surface area contributed by atoms with Gasteiger partial charge in [-0.3, -0.25) is 19.8 Å². The first-order valence-electron chi connectivity index (χ1n) is 14.2. The number of aromatic amines is 1. The molecule has 1 atom stereocenters. The zero-order chi connectivity index (χ0) is 29.1. The molecule has 2 aliphatic rings. The second kappa shape index (κ2) is 12.4. The van der Waals surface area contributed by atoms with Crippen molar-refractivity contribution in [1.82, 2.24) is 25.1 Å². The van der Waals surface area contributed by atoms with Gasteiger partial charge in [0.25, 0.3) is 0 Å². The highest BCUT2D eigenvalue weighted by Crippen LogP contribution is 2.36. The van der Waals surface area contributed by atoms with Crippen molar-refractivity contribution >= 4 is 56.4 Å². The predicted octanol–water partition coefficient (Wildman–Crippen LogP) is 5.05. The summed E-state index contributed by atoms with van der Waals surface area (Å²) in [7, 11) is 1.62. The Kier molecular flexibility index (Phi) is 8.45. The highest BCUT2D eigenvalue weighted by molar-refractivity contribution is 8.00. The molecule has 10 nitrogen and oxygen atoms in total. The minimum absolute atomic E-state index is 0.0311. The van der Waals surface area contributed by atoms with Gasteiger partial charge in [-0.2, -0.15) is 5.10 Å². The van der Waals surface area contributed by atoms with Gasteiger partial charge in [0.2, 0.25) is 5.91 Å². The maximum absolute atomic E-state index is 13.8. The summed E-state index contributed by atoms with van der Waals surface area (Å²) in [4.78, 5) is 32.6. The van der Waals surface area contributed by atoms with Crippen molar-refractivity contribution in [3.8, 4) is 11.3 Å². The van der Waals surface area contributed by atoms with Crippen LogP contribution in [0.5, 0.6) is 0 Å². The molecule has 220 valence electrons. The molecule has 12 heteroatoms. The molecule has 3 aromatic heterocycles. The lowest BCUT2D eigenvalue weighted by Gasteiger charge is -2.33. The van der Waals surface area contributed by atoms with Crippen molar-refractivity contribution in [1.29, 1.82) is 0 Å². The fraction of sp³-hybridized carbons (Fsp3) is 0.433. The lowest BCUT2D eigenvalue weighted by atomic mass is 9.91. The standard InChI is InChI=1S/C30H36N8O2S2/c1-20-16-22(6-10-31-20)27-24-17-23(4-5-25(24)34-35-27)33-28(39)30(41-3)9-14-37(19-30)18-26(36-40-2)21-7-12-38(13-8-21)29-32-11-15-42-29/h4-6,10-11,15-17,21H,7-9,12-14,18-19H2,1-3H3,(H,33,39)(H,34,35)/b36-26+/t30-/m0/s1. The summed E-state index contributed by atoms with van der Waals surface area (Å²) in [5.41, 5.74) is 5.53. The van der Waals surface area contributed by atoms with Crippen LogP contribution in [0.1, 0.15) is 25.0 Å². The van der Waals surface area contributed by atoms with Gasteiger partial charge in [-0.25, -0.2) is 4.98 Å². The number of oxime groups is 1. The van der Waals surface area contributed by atoms with Crippen LogP contribution in [0, 0.1) is 12.8 Å². The Morgan fingerprint density at radius 3 is 2.81 bits per heavy atom. The number of likely N-dealkylation sites (tertiary alicyclic amines) is 1. The number of anilines is 2. The number of aromatic nitrogens is 4. The summed E-state index contributed by atoms with van der Waals surface area (Å²) in [6.45, 7) is 6.09. The number of aryl methyl sites for hydroxylation is 1. The third kappa shape index (κ3) is 5.88. The molecule has 2 aliphatic heterocycles. The number of nitrogens with one attached hydrogen (secondary N) is 2. The van der Waals surface area contributed by atoms with Crippen molar-refractivity contribution in [2.24, 2.45) is 11.1 Å². The highest BCUT2D eigenvalue weighted by atomic mass is 32.2. The Hall–Kier alpha value is -3.48. The van der Waals surface area contributed by atoms with E-state index in [4.69, 9.17) is 4.84 Å². The lowest BCUT2D eigenvalue weighted by molar-refractivity contribution is -0.118. The number of amides is 1. The van der Waals surface area contributed by atoms with Crippen LogP contribution < -0.4 is 10.2 Å². The third-order valence-corrected chi connectivity index (χ3v) is 10.5. The molecule has 0 aliphatic carbocycles. The van der Waals surface area contributed by atoms with Crippen LogP contribution in [0.4, 0.5) is 10.8 Å². The summed E-state index contributed by atoms with van der Waals surface area (Å²) in [6, 6.07) is 9.87. The van der Waals surface area contributed by atoms with E-state index in [0.29, 0.717) is 19.0 Å². The number of carbonyl (C=O) groups is 1. The van der Waals surface area contributed by atoms with Crippen LogP contribution in [0.15, 0.2) is 53.3 Å². The van der Waals surface area contributed by atoms with E-state index in [0.717, 1.165) is 83.3 Å². The Bertz CT molecular complexity index is 1560. The summed E-state index contributed by atoms with van der Waals surface area (Å²) in [6.07, 6.45) is 8.49. The van der Waals surface area contributed by atoms with E-state index in [1.165, 1.54) is 0 Å². The zero-order valence-electron chi connectivity index (χ0n) is 24.2. The number of rotatable bonds is 9. The van der Waals surface area contributed by atoms with Crippen LogP contribution in [0.3, 0.4) is 0 Å². The summed E-state index contributed by atoms with van der Waals surface area (Å²) >= 11 is 3.32. The molecule has 2 fully saturated rings. The van der Waals surface area contributed by atoms with E-state index in [-0.39, 0.29) is 5.91 Å². The number of pyridine rings is 1.